The molecule has 0 saturated carbocycles. The first kappa shape index (κ1) is 25.0. The summed E-state index contributed by atoms with van der Waals surface area (Å²) in [4.78, 5) is 0. The average Bonchev–Trinajstić information content (AvgIpc) is 2.88. The second-order valence-corrected chi connectivity index (χ2v) is 8.54. The molecule has 0 saturated heterocycles. The van der Waals surface area contributed by atoms with Crippen molar-refractivity contribution in [2.24, 2.45) is 5.92 Å². The molecule has 2 heterocycles. The van der Waals surface area contributed by atoms with Crippen LogP contribution in [0.2, 0.25) is 0 Å². The standard InChI is InChI=1S/C25H31F3N4O/c1-3-5-6-8-17(4-2)15-30-24-22(14-29)21-9-7-12-33-16-18-13-19(25(26,27)28)10-11-20(18)23(21)31-32-24/h10-11,13,17H,3-9,12,15-16H2,1-2H3,(H,30,32). The van der Waals surface area contributed by atoms with Crippen LogP contribution in [0.4, 0.5) is 19.0 Å². The van der Waals surface area contributed by atoms with Gasteiger partial charge in [0.05, 0.1) is 17.9 Å². The molecule has 0 fully saturated rings. The fourth-order valence-corrected chi connectivity index (χ4v) is 4.20. The molecule has 1 N–H and O–H groups in total. The molecule has 0 radical (unpaired) electrons. The molecule has 1 unspecified atom stereocenters. The van der Waals surface area contributed by atoms with E-state index in [2.05, 4.69) is 35.4 Å². The van der Waals surface area contributed by atoms with Gasteiger partial charge in [-0.25, -0.2) is 0 Å². The fourth-order valence-electron chi connectivity index (χ4n) is 4.20. The van der Waals surface area contributed by atoms with E-state index in [1.165, 1.54) is 25.3 Å². The van der Waals surface area contributed by atoms with E-state index in [9.17, 15) is 18.4 Å². The van der Waals surface area contributed by atoms with Crippen LogP contribution in [-0.4, -0.2) is 23.3 Å². The zero-order valence-corrected chi connectivity index (χ0v) is 19.3. The van der Waals surface area contributed by atoms with Crippen LogP contribution >= 0.6 is 0 Å². The van der Waals surface area contributed by atoms with Gasteiger partial charge in [0, 0.05) is 24.3 Å². The molecule has 0 amide bonds. The Hall–Kier alpha value is -2.66. The van der Waals surface area contributed by atoms with Crippen molar-refractivity contribution < 1.29 is 17.9 Å². The van der Waals surface area contributed by atoms with E-state index in [-0.39, 0.29) is 6.61 Å². The molecule has 33 heavy (non-hydrogen) atoms. The van der Waals surface area contributed by atoms with E-state index in [1.54, 1.807) is 0 Å². The molecule has 0 bridgehead atoms. The van der Waals surface area contributed by atoms with Crippen molar-refractivity contribution in [1.29, 1.82) is 5.26 Å². The molecule has 1 aromatic heterocycles. The third-order valence-electron chi connectivity index (χ3n) is 6.20. The first-order valence-corrected chi connectivity index (χ1v) is 11.7. The summed E-state index contributed by atoms with van der Waals surface area (Å²) in [5, 5.41) is 22.0. The maximum atomic E-state index is 13.2. The number of nitriles is 1. The van der Waals surface area contributed by atoms with Gasteiger partial charge in [-0.05, 0) is 42.9 Å². The topological polar surface area (TPSA) is 70.8 Å². The molecule has 178 valence electrons. The number of nitrogens with zero attached hydrogens (tertiary/aromatic N) is 3. The average molecular weight is 461 g/mol. The van der Waals surface area contributed by atoms with Gasteiger partial charge in [0.1, 0.15) is 11.6 Å². The highest BCUT2D eigenvalue weighted by Gasteiger charge is 2.32. The van der Waals surface area contributed by atoms with Gasteiger partial charge in [-0.1, -0.05) is 45.6 Å². The van der Waals surface area contributed by atoms with E-state index < -0.39 is 11.7 Å². The number of hydrogen-bond acceptors (Lipinski definition) is 5. The Morgan fingerprint density at radius 2 is 2.03 bits per heavy atom. The van der Waals surface area contributed by atoms with Crippen LogP contribution in [0.15, 0.2) is 18.2 Å². The number of anilines is 1. The summed E-state index contributed by atoms with van der Waals surface area (Å²) in [5.41, 5.74) is 1.78. The molecule has 1 aliphatic heterocycles. The maximum Gasteiger partial charge on any atom is 0.416 e. The van der Waals surface area contributed by atoms with E-state index in [1.807, 2.05) is 0 Å². The molecular formula is C25H31F3N4O. The smallest absolute Gasteiger partial charge is 0.377 e. The number of ether oxygens (including phenoxy) is 1. The molecule has 2 aromatic rings. The number of benzene rings is 1. The highest BCUT2D eigenvalue weighted by Crippen LogP contribution is 2.36. The Balaban J connectivity index is 1.95. The predicted molar refractivity (Wildman–Crippen MR) is 122 cm³/mol. The lowest BCUT2D eigenvalue weighted by Gasteiger charge is -2.18. The number of halogens is 3. The number of alkyl halides is 3. The molecule has 1 aromatic carbocycles. The van der Waals surface area contributed by atoms with E-state index in [4.69, 9.17) is 4.74 Å². The lowest BCUT2D eigenvalue weighted by atomic mass is 9.94. The van der Waals surface area contributed by atoms with E-state index in [0.717, 1.165) is 25.0 Å². The second kappa shape index (κ2) is 11.5. The second-order valence-electron chi connectivity index (χ2n) is 8.54. The van der Waals surface area contributed by atoms with Gasteiger partial charge < -0.3 is 10.1 Å². The van der Waals surface area contributed by atoms with Crippen molar-refractivity contribution in [1.82, 2.24) is 10.2 Å². The molecular weight excluding hydrogens is 429 g/mol. The largest absolute Gasteiger partial charge is 0.416 e. The molecule has 0 aliphatic carbocycles. The molecule has 1 aliphatic rings. The third-order valence-corrected chi connectivity index (χ3v) is 6.20. The van der Waals surface area contributed by atoms with Crippen LogP contribution in [0.1, 0.15) is 74.6 Å². The minimum Gasteiger partial charge on any atom is -0.377 e. The van der Waals surface area contributed by atoms with E-state index in [0.29, 0.717) is 65.7 Å². The first-order chi connectivity index (χ1) is 15.9. The molecule has 3 rings (SSSR count). The number of aromatic nitrogens is 2. The number of fused-ring (bicyclic) bond motifs is 3. The Morgan fingerprint density at radius 1 is 1.21 bits per heavy atom. The van der Waals surface area contributed by atoms with Crippen LogP contribution in [0.25, 0.3) is 11.3 Å². The van der Waals surface area contributed by atoms with Gasteiger partial charge >= 0.3 is 6.18 Å². The summed E-state index contributed by atoms with van der Waals surface area (Å²) in [5.74, 6) is 0.920. The quantitative estimate of drug-likeness (QED) is 0.455. The van der Waals surface area contributed by atoms with Crippen molar-refractivity contribution in [3.05, 3.63) is 40.5 Å². The van der Waals surface area contributed by atoms with Crippen LogP contribution in [0, 0.1) is 17.2 Å². The summed E-state index contributed by atoms with van der Waals surface area (Å²) in [7, 11) is 0. The van der Waals surface area contributed by atoms with Gasteiger partial charge in [0.2, 0.25) is 0 Å². The predicted octanol–water partition coefficient (Wildman–Crippen LogP) is 6.52. The number of nitrogens with one attached hydrogen (secondary N) is 1. The lowest BCUT2D eigenvalue weighted by Crippen LogP contribution is -2.17. The number of hydrogen-bond donors (Lipinski definition) is 1. The Labute approximate surface area is 193 Å². The summed E-state index contributed by atoms with van der Waals surface area (Å²) < 4.78 is 45.3. The van der Waals surface area contributed by atoms with Crippen molar-refractivity contribution in [2.75, 3.05) is 18.5 Å². The van der Waals surface area contributed by atoms with Gasteiger partial charge in [0.25, 0.3) is 0 Å². The molecule has 5 nitrogen and oxygen atoms in total. The van der Waals surface area contributed by atoms with Crippen LogP contribution in [0.3, 0.4) is 0 Å². The zero-order valence-electron chi connectivity index (χ0n) is 19.3. The lowest BCUT2D eigenvalue weighted by molar-refractivity contribution is -0.137. The van der Waals surface area contributed by atoms with Gasteiger partial charge in [-0.3, -0.25) is 0 Å². The fraction of sp³-hybridized carbons (Fsp3) is 0.560. The van der Waals surface area contributed by atoms with Gasteiger partial charge in [-0.2, -0.15) is 18.4 Å². The highest BCUT2D eigenvalue weighted by atomic mass is 19.4. The Bertz CT molecular complexity index is 985. The van der Waals surface area contributed by atoms with Crippen molar-refractivity contribution in [3.8, 4) is 17.3 Å². The van der Waals surface area contributed by atoms with Crippen molar-refractivity contribution in [3.63, 3.8) is 0 Å². The van der Waals surface area contributed by atoms with Crippen LogP contribution in [-0.2, 0) is 23.9 Å². The molecule has 0 spiro atoms. The summed E-state index contributed by atoms with van der Waals surface area (Å²) in [6, 6.07) is 5.83. The van der Waals surface area contributed by atoms with E-state index >= 15 is 0 Å². The third kappa shape index (κ3) is 6.23. The normalized spacial score (nSPS) is 14.8. The van der Waals surface area contributed by atoms with Crippen molar-refractivity contribution in [2.45, 2.75) is 71.6 Å². The maximum absolute atomic E-state index is 13.2. The van der Waals surface area contributed by atoms with Gasteiger partial charge in [0.15, 0.2) is 5.82 Å². The minimum atomic E-state index is -4.44. The Morgan fingerprint density at radius 3 is 2.73 bits per heavy atom. The molecule has 1 atom stereocenters. The summed E-state index contributed by atoms with van der Waals surface area (Å²) in [6.45, 7) is 5.49. The number of unbranched alkanes of at least 4 members (excludes halogenated alkanes) is 2. The SMILES string of the molecule is CCCCCC(CC)CNc1nnc2c(c1C#N)CCCOCc1cc(C(F)(F)F)ccc1-2. The molecule has 8 heteroatoms. The first-order valence-electron chi connectivity index (χ1n) is 11.7. The minimum absolute atomic E-state index is 0.0538. The van der Waals surface area contributed by atoms with Crippen LogP contribution in [0.5, 0.6) is 0 Å². The zero-order chi connectivity index (χ0) is 23.8. The van der Waals surface area contributed by atoms with Gasteiger partial charge in [-0.15, -0.1) is 10.2 Å². The van der Waals surface area contributed by atoms with Crippen molar-refractivity contribution >= 4 is 5.82 Å². The highest BCUT2D eigenvalue weighted by molar-refractivity contribution is 5.72. The summed E-state index contributed by atoms with van der Waals surface area (Å²) in [6.07, 6.45) is 2.44. The Kier molecular flexibility index (Phi) is 8.67. The van der Waals surface area contributed by atoms with Crippen LogP contribution < -0.4 is 5.32 Å². The monoisotopic (exact) mass is 460 g/mol. The summed E-state index contributed by atoms with van der Waals surface area (Å²) >= 11 is 0. The number of rotatable bonds is 8.